The average molecular weight is 448 g/mol. The maximum Gasteiger partial charge on any atom is 0.263 e. The molecule has 1 N–H and O–H groups in total. The molecule has 0 bridgehead atoms. The van der Waals surface area contributed by atoms with Crippen molar-refractivity contribution in [2.45, 2.75) is 9.79 Å². The minimum Gasteiger partial charge on any atom is -0.255 e. The zero-order valence-electron chi connectivity index (χ0n) is 15.5. The summed E-state index contributed by atoms with van der Waals surface area (Å²) in [6.07, 6.45) is 0. The van der Waals surface area contributed by atoms with Crippen molar-refractivity contribution in [1.29, 1.82) is 0 Å². The second kappa shape index (κ2) is 7.06. The smallest absolute Gasteiger partial charge is 0.255 e. The Balaban J connectivity index is 1.67. The van der Waals surface area contributed by atoms with Crippen molar-refractivity contribution in [2.75, 3.05) is 18.8 Å². The van der Waals surface area contributed by atoms with Gasteiger partial charge in [0.15, 0.2) is 5.13 Å². The fraction of sp³-hybridized carbons (Fsp3) is 0.105. The Labute approximate surface area is 172 Å². The van der Waals surface area contributed by atoms with Crippen LogP contribution in [0, 0.1) is 0 Å². The molecule has 0 aliphatic rings. The summed E-state index contributed by atoms with van der Waals surface area (Å²) < 4.78 is 54.2. The first-order valence-electron chi connectivity index (χ1n) is 8.52. The van der Waals surface area contributed by atoms with E-state index in [-0.39, 0.29) is 14.9 Å². The van der Waals surface area contributed by atoms with Crippen LogP contribution in [0.3, 0.4) is 0 Å². The summed E-state index contributed by atoms with van der Waals surface area (Å²) >= 11 is 1.24. The predicted molar refractivity (Wildman–Crippen MR) is 115 cm³/mol. The molecule has 0 radical (unpaired) electrons. The van der Waals surface area contributed by atoms with Gasteiger partial charge in [-0.05, 0) is 35.7 Å². The monoisotopic (exact) mass is 447 g/mol. The van der Waals surface area contributed by atoms with Crippen LogP contribution in [0.15, 0.2) is 70.5 Å². The molecule has 1 heterocycles. The normalized spacial score (nSPS) is 12.7. The Morgan fingerprint density at radius 1 is 0.862 bits per heavy atom. The lowest BCUT2D eigenvalue weighted by Crippen LogP contribution is -2.22. The molecule has 0 saturated carbocycles. The van der Waals surface area contributed by atoms with Gasteiger partial charge in [0, 0.05) is 19.5 Å². The Bertz CT molecular complexity index is 1420. The Hall–Kier alpha value is -2.53. The van der Waals surface area contributed by atoms with E-state index >= 15 is 0 Å². The van der Waals surface area contributed by atoms with Gasteiger partial charge in [0.1, 0.15) is 0 Å². The van der Waals surface area contributed by atoms with Crippen molar-refractivity contribution in [2.24, 2.45) is 0 Å². The maximum absolute atomic E-state index is 12.7. The lowest BCUT2D eigenvalue weighted by molar-refractivity contribution is 0.520. The number of anilines is 1. The molecular weight excluding hydrogens is 430 g/mol. The number of thiazole rings is 1. The topological polar surface area (TPSA) is 96.4 Å². The molecule has 3 aromatic carbocycles. The molecule has 0 amide bonds. The zero-order chi connectivity index (χ0) is 20.8. The van der Waals surface area contributed by atoms with Gasteiger partial charge >= 0.3 is 0 Å². The van der Waals surface area contributed by atoms with Crippen LogP contribution in [0.2, 0.25) is 0 Å². The molecular formula is C19H17N3O4S3. The van der Waals surface area contributed by atoms with Crippen molar-refractivity contribution >= 4 is 57.5 Å². The van der Waals surface area contributed by atoms with Gasteiger partial charge in [0.25, 0.3) is 10.0 Å². The third-order valence-electron chi connectivity index (χ3n) is 4.42. The Morgan fingerprint density at radius 2 is 1.52 bits per heavy atom. The minimum atomic E-state index is -3.91. The number of nitrogens with zero attached hydrogens (tertiary/aromatic N) is 2. The number of hydrogen-bond acceptors (Lipinski definition) is 6. The highest BCUT2D eigenvalue weighted by molar-refractivity contribution is 7.93. The van der Waals surface area contributed by atoms with E-state index in [2.05, 4.69) is 9.71 Å². The van der Waals surface area contributed by atoms with Crippen LogP contribution in [0.25, 0.3) is 21.0 Å². The van der Waals surface area contributed by atoms with Crippen molar-refractivity contribution in [3.05, 3.63) is 60.7 Å². The maximum atomic E-state index is 12.7. The van der Waals surface area contributed by atoms with Gasteiger partial charge in [-0.25, -0.2) is 26.1 Å². The molecule has 0 aliphatic heterocycles. The first-order valence-corrected chi connectivity index (χ1v) is 12.3. The van der Waals surface area contributed by atoms with Gasteiger partial charge in [-0.1, -0.05) is 41.7 Å². The van der Waals surface area contributed by atoms with Crippen LogP contribution >= 0.6 is 11.3 Å². The summed E-state index contributed by atoms with van der Waals surface area (Å²) in [5.74, 6) is 0. The van der Waals surface area contributed by atoms with Gasteiger partial charge in [-0.15, -0.1) is 0 Å². The summed E-state index contributed by atoms with van der Waals surface area (Å²) in [7, 11) is -4.71. The first kappa shape index (κ1) is 19.8. The van der Waals surface area contributed by atoms with Crippen molar-refractivity contribution in [1.82, 2.24) is 9.29 Å². The third-order valence-corrected chi connectivity index (χ3v) is 8.67. The van der Waals surface area contributed by atoms with E-state index in [1.807, 2.05) is 36.4 Å². The van der Waals surface area contributed by atoms with Gasteiger partial charge in [-0.2, -0.15) is 0 Å². The van der Waals surface area contributed by atoms with E-state index in [4.69, 9.17) is 0 Å². The zero-order valence-corrected chi connectivity index (χ0v) is 18.0. The summed E-state index contributed by atoms with van der Waals surface area (Å²) in [6.45, 7) is 0. The molecule has 0 unspecified atom stereocenters. The number of fused-ring (bicyclic) bond motifs is 3. The predicted octanol–water partition coefficient (Wildman–Crippen LogP) is 3.50. The molecule has 1 aromatic heterocycles. The first-order chi connectivity index (χ1) is 13.7. The van der Waals surface area contributed by atoms with E-state index in [1.165, 1.54) is 49.7 Å². The van der Waals surface area contributed by atoms with Crippen molar-refractivity contribution in [3.8, 4) is 0 Å². The fourth-order valence-corrected chi connectivity index (χ4v) is 5.90. The number of sulfonamides is 2. The molecule has 0 saturated heterocycles. The second-order valence-electron chi connectivity index (χ2n) is 6.52. The van der Waals surface area contributed by atoms with Crippen LogP contribution in [-0.2, 0) is 20.0 Å². The number of nitrogens with one attached hydrogen (secondary N) is 1. The molecule has 4 aromatic rings. The fourth-order valence-electron chi connectivity index (χ4n) is 2.88. The Morgan fingerprint density at radius 3 is 2.21 bits per heavy atom. The SMILES string of the molecule is CN(C)S(=O)(=O)c1ccc(S(=O)(=O)Nc2nc3c(ccc4ccccc43)s2)cc1. The molecule has 150 valence electrons. The van der Waals surface area contributed by atoms with E-state index < -0.39 is 20.0 Å². The number of aromatic nitrogens is 1. The van der Waals surface area contributed by atoms with Crippen LogP contribution in [0.5, 0.6) is 0 Å². The van der Waals surface area contributed by atoms with E-state index in [0.29, 0.717) is 0 Å². The summed E-state index contributed by atoms with van der Waals surface area (Å²) in [6, 6.07) is 16.7. The highest BCUT2D eigenvalue weighted by atomic mass is 32.2. The van der Waals surface area contributed by atoms with Crippen molar-refractivity contribution < 1.29 is 16.8 Å². The molecule has 4 rings (SSSR count). The average Bonchev–Trinajstić information content (AvgIpc) is 3.10. The van der Waals surface area contributed by atoms with Crippen LogP contribution in [0.1, 0.15) is 0 Å². The van der Waals surface area contributed by atoms with Crippen LogP contribution in [0.4, 0.5) is 5.13 Å². The van der Waals surface area contributed by atoms with Crippen LogP contribution < -0.4 is 4.72 Å². The molecule has 7 nitrogen and oxygen atoms in total. The molecule has 0 atom stereocenters. The standard InChI is InChI=1S/C19H17N3O4S3/c1-22(2)29(25,26)15-10-8-14(9-11-15)28(23,24)21-19-20-18-16-6-4-3-5-13(16)7-12-17(18)27-19/h3-12H,1-2H3,(H,20,21). The number of benzene rings is 3. The van der Waals surface area contributed by atoms with E-state index in [9.17, 15) is 16.8 Å². The lowest BCUT2D eigenvalue weighted by Gasteiger charge is -2.11. The largest absolute Gasteiger partial charge is 0.263 e. The quantitative estimate of drug-likeness (QED) is 0.505. The van der Waals surface area contributed by atoms with E-state index in [1.54, 1.807) is 0 Å². The van der Waals surface area contributed by atoms with Gasteiger partial charge in [-0.3, -0.25) is 4.72 Å². The molecule has 0 aliphatic carbocycles. The van der Waals surface area contributed by atoms with Crippen molar-refractivity contribution in [3.63, 3.8) is 0 Å². The Kier molecular flexibility index (Phi) is 4.82. The molecule has 0 spiro atoms. The lowest BCUT2D eigenvalue weighted by atomic mass is 10.1. The minimum absolute atomic E-state index is 0.0212. The number of rotatable bonds is 5. The van der Waals surface area contributed by atoms with Crippen LogP contribution in [-0.4, -0.2) is 40.2 Å². The van der Waals surface area contributed by atoms with Gasteiger partial charge < -0.3 is 0 Å². The summed E-state index contributed by atoms with van der Waals surface area (Å²) in [5.41, 5.74) is 0.734. The molecule has 0 fully saturated rings. The molecule has 29 heavy (non-hydrogen) atoms. The number of hydrogen-bond donors (Lipinski definition) is 1. The molecule has 10 heteroatoms. The highest BCUT2D eigenvalue weighted by Crippen LogP contribution is 2.32. The van der Waals surface area contributed by atoms with E-state index in [0.717, 1.165) is 25.3 Å². The van der Waals surface area contributed by atoms with Gasteiger partial charge in [0.05, 0.1) is 20.0 Å². The third kappa shape index (κ3) is 3.60. The highest BCUT2D eigenvalue weighted by Gasteiger charge is 2.21. The van der Waals surface area contributed by atoms with Gasteiger partial charge in [0.2, 0.25) is 10.0 Å². The second-order valence-corrected chi connectivity index (χ2v) is 11.4. The summed E-state index contributed by atoms with van der Waals surface area (Å²) in [4.78, 5) is 4.44. The summed E-state index contributed by atoms with van der Waals surface area (Å²) in [5, 5.41) is 2.23.